The fraction of sp³-hybridized carbons (Fsp3) is 0.217. The Kier molecular flexibility index (Phi) is 5.05. The highest BCUT2D eigenvalue weighted by Gasteiger charge is 2.17. The van der Waals surface area contributed by atoms with Gasteiger partial charge in [-0.3, -0.25) is 0 Å². The van der Waals surface area contributed by atoms with E-state index in [1.165, 1.54) is 0 Å². The van der Waals surface area contributed by atoms with Crippen molar-refractivity contribution in [3.05, 3.63) is 71.4 Å². The van der Waals surface area contributed by atoms with E-state index in [9.17, 15) is 0 Å². The first-order valence-corrected chi connectivity index (χ1v) is 9.86. The highest BCUT2D eigenvalue weighted by atomic mass is 35.5. The summed E-state index contributed by atoms with van der Waals surface area (Å²) in [5, 5.41) is 9.04. The molecule has 0 amide bonds. The average Bonchev–Trinajstić information content (AvgIpc) is 3.03. The largest absolute Gasteiger partial charge is 0.370 e. The van der Waals surface area contributed by atoms with Gasteiger partial charge in [-0.05, 0) is 30.5 Å². The number of benzene rings is 2. The average molecular weight is 391 g/mol. The van der Waals surface area contributed by atoms with E-state index in [-0.39, 0.29) is 0 Å². The van der Waals surface area contributed by atoms with Crippen LogP contribution in [0.2, 0.25) is 5.02 Å². The Morgan fingerprint density at radius 1 is 1.00 bits per heavy atom. The Bertz CT molecular complexity index is 1100. The summed E-state index contributed by atoms with van der Waals surface area (Å²) in [6, 6.07) is 20.2. The number of nitrogens with zero attached hydrogens (tertiary/aromatic N) is 3. The van der Waals surface area contributed by atoms with Crippen LogP contribution in [0.5, 0.6) is 0 Å². The second-order valence-corrected chi connectivity index (χ2v) is 7.81. The summed E-state index contributed by atoms with van der Waals surface area (Å²) in [4.78, 5) is 4.98. The molecule has 0 aliphatic heterocycles. The van der Waals surface area contributed by atoms with Gasteiger partial charge in [-0.1, -0.05) is 67.9 Å². The first kappa shape index (κ1) is 18.5. The predicted molar refractivity (Wildman–Crippen MR) is 117 cm³/mol. The third-order valence-corrected chi connectivity index (χ3v) is 4.91. The van der Waals surface area contributed by atoms with Crippen LogP contribution in [0.4, 0.5) is 5.82 Å². The van der Waals surface area contributed by atoms with Crippen LogP contribution in [0.3, 0.4) is 0 Å². The lowest BCUT2D eigenvalue weighted by Gasteiger charge is -2.13. The van der Waals surface area contributed by atoms with Gasteiger partial charge in [0, 0.05) is 28.8 Å². The van der Waals surface area contributed by atoms with Crippen molar-refractivity contribution in [2.75, 3.05) is 11.9 Å². The van der Waals surface area contributed by atoms with Crippen LogP contribution in [0, 0.1) is 12.8 Å². The highest BCUT2D eigenvalue weighted by molar-refractivity contribution is 6.30. The minimum Gasteiger partial charge on any atom is -0.370 e. The summed E-state index contributed by atoms with van der Waals surface area (Å²) >= 11 is 6.09. The van der Waals surface area contributed by atoms with E-state index >= 15 is 0 Å². The van der Waals surface area contributed by atoms with Crippen molar-refractivity contribution < 1.29 is 0 Å². The van der Waals surface area contributed by atoms with Crippen LogP contribution in [0.1, 0.15) is 19.5 Å². The molecule has 0 unspecified atom stereocenters. The molecular formula is C23H23ClN4. The van der Waals surface area contributed by atoms with Crippen LogP contribution in [0.15, 0.2) is 60.7 Å². The second kappa shape index (κ2) is 7.64. The number of anilines is 1. The van der Waals surface area contributed by atoms with E-state index in [1.807, 2.05) is 53.9 Å². The normalized spacial score (nSPS) is 11.3. The summed E-state index contributed by atoms with van der Waals surface area (Å²) in [6.07, 6.45) is 0. The summed E-state index contributed by atoms with van der Waals surface area (Å²) in [7, 11) is 0. The standard InChI is InChI=1S/C23H23ClN4/c1-15(2)14-25-21-13-20(17-7-5-4-6-8-17)26-23-22(16(3)27-28(21)23)18-9-11-19(24)12-10-18/h4-13,15,25H,14H2,1-3H3. The zero-order valence-electron chi connectivity index (χ0n) is 16.3. The number of aromatic nitrogens is 3. The molecule has 28 heavy (non-hydrogen) atoms. The number of fused-ring (bicyclic) bond motifs is 1. The fourth-order valence-electron chi connectivity index (χ4n) is 3.27. The van der Waals surface area contributed by atoms with Crippen molar-refractivity contribution in [1.29, 1.82) is 0 Å². The van der Waals surface area contributed by atoms with Crippen molar-refractivity contribution in [2.45, 2.75) is 20.8 Å². The smallest absolute Gasteiger partial charge is 0.166 e. The Morgan fingerprint density at radius 3 is 2.39 bits per heavy atom. The van der Waals surface area contributed by atoms with Gasteiger partial charge in [0.05, 0.1) is 11.4 Å². The summed E-state index contributed by atoms with van der Waals surface area (Å²) < 4.78 is 1.91. The molecule has 1 N–H and O–H groups in total. The molecule has 2 aromatic carbocycles. The van der Waals surface area contributed by atoms with E-state index in [1.54, 1.807) is 0 Å². The maximum absolute atomic E-state index is 6.09. The number of aryl methyl sites for hydroxylation is 1. The van der Waals surface area contributed by atoms with Gasteiger partial charge in [0.2, 0.25) is 0 Å². The lowest BCUT2D eigenvalue weighted by atomic mass is 10.1. The number of halogens is 1. The molecular weight excluding hydrogens is 368 g/mol. The number of rotatable bonds is 5. The van der Waals surface area contributed by atoms with Gasteiger partial charge in [-0.15, -0.1) is 0 Å². The topological polar surface area (TPSA) is 42.2 Å². The van der Waals surface area contributed by atoms with Crippen molar-refractivity contribution in [3.63, 3.8) is 0 Å². The predicted octanol–water partition coefficient (Wildman–Crippen LogP) is 6.09. The van der Waals surface area contributed by atoms with E-state index in [0.717, 1.165) is 51.1 Å². The molecule has 0 bridgehead atoms. The van der Waals surface area contributed by atoms with Gasteiger partial charge in [0.25, 0.3) is 0 Å². The zero-order chi connectivity index (χ0) is 19.7. The van der Waals surface area contributed by atoms with Crippen LogP contribution >= 0.6 is 11.6 Å². The maximum Gasteiger partial charge on any atom is 0.166 e. The maximum atomic E-state index is 6.09. The summed E-state index contributed by atoms with van der Waals surface area (Å²) in [6.45, 7) is 7.27. The van der Waals surface area contributed by atoms with Gasteiger partial charge in [0.1, 0.15) is 5.82 Å². The van der Waals surface area contributed by atoms with Crippen LogP contribution in [-0.4, -0.2) is 21.1 Å². The molecule has 0 saturated carbocycles. The molecule has 0 aliphatic carbocycles. The van der Waals surface area contributed by atoms with Gasteiger partial charge >= 0.3 is 0 Å². The molecule has 2 aromatic heterocycles. The van der Waals surface area contributed by atoms with E-state index in [2.05, 4.69) is 37.4 Å². The first-order chi connectivity index (χ1) is 13.5. The third-order valence-electron chi connectivity index (χ3n) is 4.66. The molecule has 0 radical (unpaired) electrons. The third kappa shape index (κ3) is 3.60. The molecule has 4 aromatic rings. The van der Waals surface area contributed by atoms with Crippen LogP contribution < -0.4 is 5.32 Å². The number of hydrogen-bond donors (Lipinski definition) is 1. The Balaban J connectivity index is 1.94. The molecule has 2 heterocycles. The Hall–Kier alpha value is -2.85. The second-order valence-electron chi connectivity index (χ2n) is 7.37. The lowest BCUT2D eigenvalue weighted by molar-refractivity contribution is 0.683. The lowest BCUT2D eigenvalue weighted by Crippen LogP contribution is -2.12. The van der Waals surface area contributed by atoms with Crippen LogP contribution in [0.25, 0.3) is 28.0 Å². The molecule has 0 saturated heterocycles. The van der Waals surface area contributed by atoms with Gasteiger partial charge in [0.15, 0.2) is 5.65 Å². The van der Waals surface area contributed by atoms with Gasteiger partial charge in [-0.2, -0.15) is 9.61 Å². The van der Waals surface area contributed by atoms with Crippen molar-refractivity contribution in [1.82, 2.24) is 14.6 Å². The van der Waals surface area contributed by atoms with Crippen molar-refractivity contribution >= 4 is 23.1 Å². The molecule has 4 rings (SSSR count). The quantitative estimate of drug-likeness (QED) is 0.448. The summed E-state index contributed by atoms with van der Waals surface area (Å²) in [5.74, 6) is 1.47. The minimum atomic E-state index is 0.524. The SMILES string of the molecule is Cc1nn2c(NCC(C)C)cc(-c3ccccc3)nc2c1-c1ccc(Cl)cc1. The van der Waals surface area contributed by atoms with E-state index in [4.69, 9.17) is 21.7 Å². The van der Waals surface area contributed by atoms with Gasteiger partial charge in [-0.25, -0.2) is 4.98 Å². The van der Waals surface area contributed by atoms with Gasteiger partial charge < -0.3 is 5.32 Å². The number of nitrogens with one attached hydrogen (secondary N) is 1. The molecule has 142 valence electrons. The number of hydrogen-bond acceptors (Lipinski definition) is 3. The Labute approximate surface area is 170 Å². The van der Waals surface area contributed by atoms with Crippen molar-refractivity contribution in [2.24, 2.45) is 5.92 Å². The first-order valence-electron chi connectivity index (χ1n) is 9.48. The van der Waals surface area contributed by atoms with E-state index in [0.29, 0.717) is 5.92 Å². The zero-order valence-corrected chi connectivity index (χ0v) is 17.0. The highest BCUT2D eigenvalue weighted by Crippen LogP contribution is 2.32. The molecule has 0 atom stereocenters. The molecule has 5 heteroatoms. The molecule has 0 spiro atoms. The van der Waals surface area contributed by atoms with E-state index < -0.39 is 0 Å². The summed E-state index contributed by atoms with van der Waals surface area (Å²) in [5.41, 5.74) is 5.87. The monoisotopic (exact) mass is 390 g/mol. The molecule has 0 aliphatic rings. The minimum absolute atomic E-state index is 0.524. The molecule has 0 fully saturated rings. The molecule has 4 nitrogen and oxygen atoms in total. The Morgan fingerprint density at radius 2 is 1.71 bits per heavy atom. The van der Waals surface area contributed by atoms with Crippen molar-refractivity contribution in [3.8, 4) is 22.4 Å². The van der Waals surface area contributed by atoms with Crippen LogP contribution in [-0.2, 0) is 0 Å². The fourth-order valence-corrected chi connectivity index (χ4v) is 3.40.